The van der Waals surface area contributed by atoms with Crippen LogP contribution in [0.2, 0.25) is 0 Å². The number of hydrogen-bond donors (Lipinski definition) is 0. The molecule has 24 aromatic rings. The van der Waals surface area contributed by atoms with Crippen LogP contribution in [-0.2, 0) is 0 Å². The predicted octanol–water partition coefficient (Wildman–Crippen LogP) is 29.6. The summed E-state index contributed by atoms with van der Waals surface area (Å²) in [5, 5.41) is 9.58. The number of aromatic nitrogens is 3. The van der Waals surface area contributed by atoms with Gasteiger partial charge in [0.05, 0.1) is 54.6 Å². The molecule has 0 saturated carbocycles. The van der Waals surface area contributed by atoms with E-state index in [4.69, 9.17) is 17.7 Å². The van der Waals surface area contributed by atoms with Crippen LogP contribution in [0.4, 0.5) is 34.1 Å². The highest BCUT2D eigenvalue weighted by molar-refractivity contribution is 6.14. The van der Waals surface area contributed by atoms with Gasteiger partial charge in [-0.25, -0.2) is 0 Å². The van der Waals surface area contributed by atoms with E-state index >= 15 is 0 Å². The fraction of sp³-hybridized carbons (Fsp3) is 0.0339. The van der Waals surface area contributed by atoms with E-state index in [1.165, 1.54) is 77.7 Å². The van der Waals surface area contributed by atoms with Gasteiger partial charge in [-0.1, -0.05) is 218 Å². The molecule has 0 fully saturated rings. The summed E-state index contributed by atoms with van der Waals surface area (Å²) in [5.41, 5.74) is 25.3. The second kappa shape index (κ2) is 34.5. The zero-order chi connectivity index (χ0) is 88.7. The summed E-state index contributed by atoms with van der Waals surface area (Å²) in [6.07, 6.45) is 0. The quantitative estimate of drug-likeness (QED) is 0.116. The Labute approximate surface area is 752 Å². The Kier molecular flexibility index (Phi) is 21.2. The van der Waals surface area contributed by atoms with E-state index in [9.17, 15) is 19.2 Å². The summed E-state index contributed by atoms with van der Waals surface area (Å²) in [4.78, 5) is 53.7. The molecule has 7 aromatic heterocycles. The predicted molar refractivity (Wildman–Crippen MR) is 538 cm³/mol. The molecule has 0 aliphatic rings. The third-order valence-electron chi connectivity index (χ3n) is 24.1. The summed E-state index contributed by atoms with van der Waals surface area (Å²) in [6, 6.07) is 145. The van der Waals surface area contributed by atoms with Gasteiger partial charge >= 0.3 is 0 Å². The lowest BCUT2D eigenvalue weighted by Gasteiger charge is -2.25. The number of para-hydroxylation sites is 7. The zero-order valence-electron chi connectivity index (χ0n) is 72.0. The number of hydrogen-bond acceptors (Lipinski definition) is 10. The van der Waals surface area contributed by atoms with E-state index < -0.39 is 0 Å². The van der Waals surface area contributed by atoms with Crippen molar-refractivity contribution in [3.05, 3.63) is 495 Å². The minimum absolute atomic E-state index is 0.0120. The van der Waals surface area contributed by atoms with Gasteiger partial charge < -0.3 is 41.2 Å². The van der Waals surface area contributed by atoms with Crippen molar-refractivity contribution in [1.29, 1.82) is 0 Å². The van der Waals surface area contributed by atoms with Crippen LogP contribution in [0.3, 0.4) is 0 Å². The van der Waals surface area contributed by atoms with Crippen molar-refractivity contribution in [3.8, 4) is 50.4 Å². The van der Waals surface area contributed by atoms with Gasteiger partial charge in [0.25, 0.3) is 0 Å². The van der Waals surface area contributed by atoms with Crippen molar-refractivity contribution in [2.75, 3.05) is 9.80 Å². The van der Waals surface area contributed by atoms with Crippen LogP contribution in [0.25, 0.3) is 160 Å². The average molecular weight is 1700 g/mol. The van der Waals surface area contributed by atoms with Gasteiger partial charge in [0.1, 0.15) is 45.4 Å². The molecule has 0 unspecified atom stereocenters. The van der Waals surface area contributed by atoms with Crippen LogP contribution in [0.1, 0.15) is 23.0 Å². The first kappa shape index (κ1) is 80.7. The van der Waals surface area contributed by atoms with Gasteiger partial charge in [0, 0.05) is 126 Å². The highest BCUT2D eigenvalue weighted by atomic mass is 16.3. The molecule has 13 nitrogen and oxygen atoms in total. The summed E-state index contributed by atoms with van der Waals surface area (Å²) in [7, 11) is 0. The standard InChI is InChI=1S/C34H22N2O2.C34H23NO2.C28H21NO2.C22H17NO2/c1-21-18-33(37)27-16-14-23(20-34(27)38-21)36-31-13-7-4-10-26(31)28-19-22(15-17-32(28)36)35-29-11-5-2-8-24(29)25-9-3-6-12-30(25)35;1-22-18-33(36)28-15-14-27(21-34(28)37-22)35-31-16-12-25(23-8-4-2-5-9-23)19-29(31)30-20-26(13-17-32(30)35)24-10-6-3-7-11-24;1-20-18-27(30)26-17-14-22(19-28(26)31-20)21-12-15-25(16-13-21)29(23-8-4-2-5-9-23)24-10-6-3-7-11-24;1-16-14-21(24)20-13-12-19(15-22(20)25-16)23(17-8-4-2-5-9-17)18-10-6-3-7-11-18/h2-20H,1H3;2-21H,1H3;2-19H,1H3;2-15H,1H3. The van der Waals surface area contributed by atoms with Gasteiger partial charge in [0.2, 0.25) is 0 Å². The minimum Gasteiger partial charge on any atom is -0.461 e. The fourth-order valence-corrected chi connectivity index (χ4v) is 18.2. The molecule has 7 heterocycles. The van der Waals surface area contributed by atoms with Crippen molar-refractivity contribution in [3.63, 3.8) is 0 Å². The zero-order valence-corrected chi connectivity index (χ0v) is 72.0. The van der Waals surface area contributed by atoms with Gasteiger partial charge in [-0.15, -0.1) is 0 Å². The molecule has 131 heavy (non-hydrogen) atoms. The van der Waals surface area contributed by atoms with Crippen molar-refractivity contribution in [2.45, 2.75) is 27.7 Å². The van der Waals surface area contributed by atoms with E-state index in [-0.39, 0.29) is 21.7 Å². The first-order chi connectivity index (χ1) is 64.2. The summed E-state index contributed by atoms with van der Waals surface area (Å²) >= 11 is 0. The van der Waals surface area contributed by atoms with Gasteiger partial charge in [-0.3, -0.25) is 19.2 Å². The van der Waals surface area contributed by atoms with E-state index in [0.717, 1.165) is 84.4 Å². The Bertz CT molecular complexity index is 8510. The van der Waals surface area contributed by atoms with E-state index in [1.807, 2.05) is 172 Å². The maximum atomic E-state index is 12.5. The minimum atomic E-state index is -0.0208. The fourth-order valence-electron chi connectivity index (χ4n) is 18.2. The Morgan fingerprint density at radius 3 is 0.817 bits per heavy atom. The summed E-state index contributed by atoms with van der Waals surface area (Å²) in [5.74, 6) is 2.45. The normalized spacial score (nSPS) is 11.3. The maximum absolute atomic E-state index is 12.5. The Hall–Kier alpha value is -17.4. The lowest BCUT2D eigenvalue weighted by molar-refractivity contribution is 0.564. The number of fused-ring (bicyclic) bond motifs is 13. The molecule has 0 aliphatic heterocycles. The molecule has 24 rings (SSSR count). The molecule has 0 N–H and O–H groups in total. The van der Waals surface area contributed by atoms with Crippen LogP contribution in [-0.4, -0.2) is 13.7 Å². The molecule has 0 bridgehead atoms. The van der Waals surface area contributed by atoms with Crippen LogP contribution in [0, 0.1) is 27.7 Å². The van der Waals surface area contributed by atoms with Crippen molar-refractivity contribution >= 4 is 143 Å². The molecular weight excluding hydrogens is 1620 g/mol. The Morgan fingerprint density at radius 1 is 0.176 bits per heavy atom. The number of anilines is 6. The van der Waals surface area contributed by atoms with Crippen LogP contribution >= 0.6 is 0 Å². The Morgan fingerprint density at radius 2 is 0.420 bits per heavy atom. The molecule has 13 heteroatoms. The highest BCUT2D eigenvalue weighted by Crippen LogP contribution is 2.43. The molecule has 628 valence electrons. The smallest absolute Gasteiger partial charge is 0.192 e. The average Bonchev–Trinajstić information content (AvgIpc) is 1.52. The molecular formula is C118H83N5O8. The Balaban J connectivity index is 0.000000107. The third-order valence-corrected chi connectivity index (χ3v) is 24.1. The van der Waals surface area contributed by atoms with Crippen molar-refractivity contribution in [1.82, 2.24) is 13.7 Å². The molecule has 0 aliphatic carbocycles. The van der Waals surface area contributed by atoms with E-state index in [2.05, 4.69) is 272 Å². The topological polar surface area (TPSA) is 142 Å². The summed E-state index contributed by atoms with van der Waals surface area (Å²) < 4.78 is 30.3. The van der Waals surface area contributed by atoms with Crippen LogP contribution in [0.15, 0.2) is 468 Å². The number of aryl methyl sites for hydroxylation is 4. The van der Waals surface area contributed by atoms with Crippen molar-refractivity contribution in [2.24, 2.45) is 0 Å². The second-order valence-corrected chi connectivity index (χ2v) is 32.7. The first-order valence-corrected chi connectivity index (χ1v) is 43.5. The first-order valence-electron chi connectivity index (χ1n) is 43.5. The highest BCUT2D eigenvalue weighted by Gasteiger charge is 2.22. The largest absolute Gasteiger partial charge is 0.461 e. The number of benzene rings is 17. The van der Waals surface area contributed by atoms with Crippen LogP contribution in [0.5, 0.6) is 0 Å². The SMILES string of the molecule is Cc1cc(=O)c2ccc(-c3ccc(N(c4ccccc4)c4ccccc4)cc3)cc2o1.Cc1cc(=O)c2ccc(-n3c4ccc(-c5ccccc5)cc4c4cc(-c5ccccc5)ccc43)cc2o1.Cc1cc(=O)c2ccc(-n3c4ccccc4c4cc(-n5c6ccccc6c6ccccc65)ccc43)cc2o1.Cc1cc(=O)c2ccc(N(c3ccccc3)c3ccccc3)cc2o1. The van der Waals surface area contributed by atoms with Gasteiger partial charge in [0.15, 0.2) is 21.7 Å². The molecule has 0 atom stereocenters. The molecule has 0 amide bonds. The lowest BCUT2D eigenvalue weighted by Crippen LogP contribution is -2.10. The van der Waals surface area contributed by atoms with Gasteiger partial charge in [-0.2, -0.15) is 0 Å². The number of rotatable bonds is 12. The van der Waals surface area contributed by atoms with Crippen LogP contribution < -0.4 is 31.5 Å². The lowest BCUT2D eigenvalue weighted by atomic mass is 10.0. The number of nitrogens with zero attached hydrogens (tertiary/aromatic N) is 5. The molecule has 0 radical (unpaired) electrons. The van der Waals surface area contributed by atoms with E-state index in [1.54, 1.807) is 26.0 Å². The molecule has 17 aromatic carbocycles. The molecule has 0 saturated heterocycles. The summed E-state index contributed by atoms with van der Waals surface area (Å²) in [6.45, 7) is 7.21. The van der Waals surface area contributed by atoms with Gasteiger partial charge in [-0.05, 0) is 231 Å². The van der Waals surface area contributed by atoms with E-state index in [0.29, 0.717) is 66.9 Å². The molecule has 0 spiro atoms. The third kappa shape index (κ3) is 15.7. The second-order valence-electron chi connectivity index (χ2n) is 32.7. The van der Waals surface area contributed by atoms with Crippen molar-refractivity contribution < 1.29 is 17.7 Å². The monoisotopic (exact) mass is 1700 g/mol. The maximum Gasteiger partial charge on any atom is 0.192 e.